The van der Waals surface area contributed by atoms with Crippen molar-refractivity contribution in [2.24, 2.45) is 0 Å². The van der Waals surface area contributed by atoms with Gasteiger partial charge in [-0.15, -0.1) is 0 Å². The summed E-state index contributed by atoms with van der Waals surface area (Å²) in [6.07, 6.45) is -3.89. The lowest BCUT2D eigenvalue weighted by atomic mass is 9.73. The van der Waals surface area contributed by atoms with E-state index >= 15 is 0 Å². The maximum atomic E-state index is 14.0. The molecule has 0 aromatic heterocycles. The summed E-state index contributed by atoms with van der Waals surface area (Å²) in [6, 6.07) is 0. The van der Waals surface area contributed by atoms with E-state index in [1.165, 1.54) is 0 Å². The van der Waals surface area contributed by atoms with E-state index in [0.29, 0.717) is 0 Å². The number of allylic oxidation sites excluding steroid dienone is 3. The minimum Gasteiger partial charge on any atom is -0.224 e. The van der Waals surface area contributed by atoms with Crippen LogP contribution in [0.25, 0.3) is 0 Å². The summed E-state index contributed by atoms with van der Waals surface area (Å²) in [5.41, 5.74) is -13.9. The Morgan fingerprint density at radius 3 is 1.21 bits per heavy atom. The zero-order chi connectivity index (χ0) is 19.3. The average Bonchev–Trinajstić information content (AvgIpc) is 2.45. The SMILES string of the molecule is FC(F)=C1C(C2(F)C(F)(F)C(F)(F)C(F)(F)C2(F)F)=C(F)C1(F)F. The third kappa shape index (κ3) is 1.44. The van der Waals surface area contributed by atoms with Crippen molar-refractivity contribution in [1.82, 2.24) is 0 Å². The Labute approximate surface area is 121 Å². The predicted molar refractivity (Wildman–Crippen MR) is 45.9 cm³/mol. The van der Waals surface area contributed by atoms with Crippen molar-refractivity contribution in [2.75, 3.05) is 0 Å². The molecule has 0 atom stereocenters. The van der Waals surface area contributed by atoms with Gasteiger partial charge in [-0.3, -0.25) is 0 Å². The molecule has 1 fully saturated rings. The van der Waals surface area contributed by atoms with Gasteiger partial charge in [0.2, 0.25) is 0 Å². The molecule has 14 heteroatoms. The van der Waals surface area contributed by atoms with Crippen LogP contribution in [0.4, 0.5) is 61.5 Å². The fraction of sp³-hybridized carbons (Fsp3) is 0.600. The van der Waals surface area contributed by atoms with Gasteiger partial charge in [-0.1, -0.05) is 0 Å². The van der Waals surface area contributed by atoms with Gasteiger partial charge < -0.3 is 0 Å². The lowest BCUT2D eigenvalue weighted by Gasteiger charge is -2.40. The first-order chi connectivity index (χ1) is 10.3. The Hall–Kier alpha value is -1.50. The Bertz CT molecular complexity index is 635. The first kappa shape index (κ1) is 18.8. The summed E-state index contributed by atoms with van der Waals surface area (Å²) in [5, 5.41) is 0. The monoisotopic (exact) mass is 386 g/mol. The van der Waals surface area contributed by atoms with E-state index in [4.69, 9.17) is 0 Å². The highest BCUT2D eigenvalue weighted by Gasteiger charge is 3.02. The Morgan fingerprint density at radius 1 is 0.583 bits per heavy atom. The molecule has 0 N–H and O–H groups in total. The predicted octanol–water partition coefficient (Wildman–Crippen LogP) is 5.27. The lowest BCUT2D eigenvalue weighted by molar-refractivity contribution is -0.303. The quantitative estimate of drug-likeness (QED) is 0.539. The molecule has 0 amide bonds. The average molecular weight is 386 g/mol. The molecule has 0 heterocycles. The highest BCUT2D eigenvalue weighted by molar-refractivity contribution is 5.63. The fourth-order valence-corrected chi connectivity index (χ4v) is 2.35. The Balaban J connectivity index is 2.93. The number of alkyl halides is 11. The molecule has 24 heavy (non-hydrogen) atoms. The number of rotatable bonds is 1. The molecule has 0 unspecified atom stereocenters. The molecule has 0 saturated heterocycles. The third-order valence-corrected chi connectivity index (χ3v) is 3.64. The molecule has 138 valence electrons. The highest BCUT2D eigenvalue weighted by Crippen LogP contribution is 2.74. The molecule has 0 aromatic carbocycles. The van der Waals surface area contributed by atoms with Gasteiger partial charge in [-0.05, 0) is 0 Å². The number of hydrogen-bond donors (Lipinski definition) is 0. The standard InChI is InChI=1S/C10F14/c11-3-1(2(4(12)13)5(3,14)15)6(16)7(17,18)9(21,22)10(23,24)8(6,19)20. The molecule has 0 nitrogen and oxygen atoms in total. The smallest absolute Gasteiger partial charge is 0.224 e. The zero-order valence-corrected chi connectivity index (χ0v) is 10.3. The summed E-state index contributed by atoms with van der Waals surface area (Å²) in [7, 11) is 0. The van der Waals surface area contributed by atoms with Crippen molar-refractivity contribution in [1.29, 1.82) is 0 Å². The third-order valence-electron chi connectivity index (χ3n) is 3.64. The van der Waals surface area contributed by atoms with Crippen LogP contribution in [0.5, 0.6) is 0 Å². The summed E-state index contributed by atoms with van der Waals surface area (Å²) >= 11 is 0. The van der Waals surface area contributed by atoms with Crippen LogP contribution < -0.4 is 0 Å². The van der Waals surface area contributed by atoms with Crippen molar-refractivity contribution in [3.05, 3.63) is 23.1 Å². The maximum absolute atomic E-state index is 14.0. The topological polar surface area (TPSA) is 0 Å². The highest BCUT2D eigenvalue weighted by atomic mass is 19.4. The molecule has 1 saturated carbocycles. The van der Waals surface area contributed by atoms with Crippen molar-refractivity contribution >= 4 is 0 Å². The van der Waals surface area contributed by atoms with Crippen LogP contribution >= 0.6 is 0 Å². The molecule has 0 spiro atoms. The molecular weight excluding hydrogens is 386 g/mol. The van der Waals surface area contributed by atoms with E-state index in [9.17, 15) is 61.5 Å². The van der Waals surface area contributed by atoms with Gasteiger partial charge in [0.25, 0.3) is 11.7 Å². The van der Waals surface area contributed by atoms with E-state index in [2.05, 4.69) is 0 Å². The molecule has 0 bridgehead atoms. The van der Waals surface area contributed by atoms with Crippen molar-refractivity contribution in [2.45, 2.75) is 35.3 Å². The van der Waals surface area contributed by atoms with E-state index in [0.717, 1.165) is 0 Å². The summed E-state index contributed by atoms with van der Waals surface area (Å²) in [6.45, 7) is 0. The Morgan fingerprint density at radius 2 is 0.917 bits per heavy atom. The van der Waals surface area contributed by atoms with Crippen LogP contribution in [0, 0.1) is 0 Å². The van der Waals surface area contributed by atoms with Crippen LogP contribution in [0.15, 0.2) is 23.1 Å². The molecule has 2 aliphatic carbocycles. The molecule has 0 aromatic rings. The first-order valence-corrected chi connectivity index (χ1v) is 5.40. The second-order valence-electron chi connectivity index (χ2n) is 4.85. The normalized spacial score (nSPS) is 31.0. The van der Waals surface area contributed by atoms with Gasteiger partial charge in [0, 0.05) is 0 Å². The lowest BCUT2D eigenvalue weighted by Crippen LogP contribution is -2.60. The summed E-state index contributed by atoms with van der Waals surface area (Å²) < 4.78 is 182. The van der Waals surface area contributed by atoms with Gasteiger partial charge in [-0.2, -0.15) is 52.7 Å². The maximum Gasteiger partial charge on any atom is 0.382 e. The molecule has 2 aliphatic rings. The van der Waals surface area contributed by atoms with Crippen molar-refractivity contribution in [3.8, 4) is 0 Å². The minimum atomic E-state index is -7.20. The fourth-order valence-electron chi connectivity index (χ4n) is 2.35. The van der Waals surface area contributed by atoms with Crippen molar-refractivity contribution < 1.29 is 61.5 Å². The van der Waals surface area contributed by atoms with Gasteiger partial charge >= 0.3 is 29.6 Å². The van der Waals surface area contributed by atoms with E-state index in [1.54, 1.807) is 0 Å². The number of hydrogen-bond acceptors (Lipinski definition) is 0. The van der Waals surface area contributed by atoms with Crippen LogP contribution in [0.3, 0.4) is 0 Å². The van der Waals surface area contributed by atoms with E-state index < -0.39 is 58.3 Å². The zero-order valence-electron chi connectivity index (χ0n) is 10.3. The van der Waals surface area contributed by atoms with Gasteiger partial charge in [0.05, 0.1) is 5.57 Å². The van der Waals surface area contributed by atoms with Crippen LogP contribution in [0.2, 0.25) is 0 Å². The van der Waals surface area contributed by atoms with Crippen LogP contribution in [-0.2, 0) is 0 Å². The molecule has 2 rings (SSSR count). The summed E-state index contributed by atoms with van der Waals surface area (Å²) in [5.74, 6) is -38.1. The van der Waals surface area contributed by atoms with Gasteiger partial charge in [-0.25, -0.2) is 8.78 Å². The van der Waals surface area contributed by atoms with Crippen LogP contribution in [-0.4, -0.2) is 35.3 Å². The number of halogens is 14. The van der Waals surface area contributed by atoms with Crippen LogP contribution in [0.1, 0.15) is 0 Å². The minimum absolute atomic E-state index is 3.42. The second kappa shape index (κ2) is 4.18. The van der Waals surface area contributed by atoms with E-state index in [1.807, 2.05) is 0 Å². The van der Waals surface area contributed by atoms with E-state index in [-0.39, 0.29) is 0 Å². The first-order valence-electron chi connectivity index (χ1n) is 5.40. The Kier molecular flexibility index (Phi) is 3.28. The summed E-state index contributed by atoms with van der Waals surface area (Å²) in [4.78, 5) is 0. The molecule has 0 radical (unpaired) electrons. The molecule has 0 aliphatic heterocycles. The second-order valence-corrected chi connectivity index (χ2v) is 4.85. The largest absolute Gasteiger partial charge is 0.382 e. The van der Waals surface area contributed by atoms with Crippen molar-refractivity contribution in [3.63, 3.8) is 0 Å². The molecular formula is C10F14. The van der Waals surface area contributed by atoms with Gasteiger partial charge in [0.15, 0.2) is 5.83 Å². The van der Waals surface area contributed by atoms with Gasteiger partial charge in [0.1, 0.15) is 5.57 Å².